The molecular weight excluding hydrogens is 416 g/mol. The number of benzene rings is 1. The van der Waals surface area contributed by atoms with Crippen molar-refractivity contribution < 1.29 is 4.74 Å². The molecule has 0 bridgehead atoms. The number of pyridine rings is 1. The number of nitrogens with one attached hydrogen (secondary N) is 1. The number of aromatic nitrogens is 2. The van der Waals surface area contributed by atoms with Gasteiger partial charge in [-0.3, -0.25) is 4.98 Å². The van der Waals surface area contributed by atoms with Crippen molar-refractivity contribution in [2.75, 3.05) is 20.3 Å². The van der Waals surface area contributed by atoms with E-state index in [2.05, 4.69) is 76.9 Å². The second kappa shape index (κ2) is 9.84. The minimum atomic E-state index is 0.00247. The Labute approximate surface area is 196 Å². The maximum Gasteiger partial charge on any atom is 0.170 e. The summed E-state index contributed by atoms with van der Waals surface area (Å²) in [6.45, 7) is 8.12. The largest absolute Gasteiger partial charge is 0.385 e. The van der Waals surface area contributed by atoms with Crippen LogP contribution < -0.4 is 5.32 Å². The second-order valence-corrected chi connectivity index (χ2v) is 8.73. The molecule has 0 spiro atoms. The molecule has 6 heteroatoms. The molecule has 168 valence electrons. The van der Waals surface area contributed by atoms with Gasteiger partial charge in [-0.2, -0.15) is 0 Å². The maximum atomic E-state index is 5.79. The van der Waals surface area contributed by atoms with Crippen LogP contribution in [0.15, 0.2) is 54.7 Å². The highest BCUT2D eigenvalue weighted by atomic mass is 32.1. The molecule has 0 unspecified atom stereocenters. The van der Waals surface area contributed by atoms with E-state index in [-0.39, 0.29) is 12.1 Å². The molecule has 1 aliphatic rings. The predicted octanol–water partition coefficient (Wildman–Crippen LogP) is 5.06. The van der Waals surface area contributed by atoms with Crippen LogP contribution in [0.3, 0.4) is 0 Å². The third-order valence-electron chi connectivity index (χ3n) is 6.34. The first-order valence-corrected chi connectivity index (χ1v) is 11.7. The number of ether oxygens (including phenoxy) is 1. The fourth-order valence-corrected chi connectivity index (χ4v) is 5.06. The zero-order valence-corrected chi connectivity index (χ0v) is 20.2. The first kappa shape index (κ1) is 22.5. The van der Waals surface area contributed by atoms with Crippen LogP contribution in [-0.2, 0) is 11.2 Å². The van der Waals surface area contributed by atoms with E-state index < -0.39 is 0 Å². The summed E-state index contributed by atoms with van der Waals surface area (Å²) in [6.07, 6.45) is 3.81. The average Bonchev–Trinajstić information content (AvgIpc) is 3.29. The molecule has 3 heterocycles. The highest BCUT2D eigenvalue weighted by molar-refractivity contribution is 7.80. The molecule has 0 amide bonds. The molecule has 5 nitrogen and oxygen atoms in total. The van der Waals surface area contributed by atoms with Gasteiger partial charge < -0.3 is 19.5 Å². The summed E-state index contributed by atoms with van der Waals surface area (Å²) in [5.41, 5.74) is 7.28. The number of aryl methyl sites for hydroxylation is 2. The molecule has 0 saturated carbocycles. The molecule has 1 N–H and O–H groups in total. The summed E-state index contributed by atoms with van der Waals surface area (Å²) >= 11 is 5.79. The van der Waals surface area contributed by atoms with E-state index in [1.54, 1.807) is 7.11 Å². The lowest BCUT2D eigenvalue weighted by Crippen LogP contribution is -2.31. The van der Waals surface area contributed by atoms with Crippen molar-refractivity contribution >= 4 is 17.3 Å². The topological polar surface area (TPSA) is 42.3 Å². The predicted molar refractivity (Wildman–Crippen MR) is 133 cm³/mol. The lowest BCUT2D eigenvalue weighted by atomic mass is 9.96. The van der Waals surface area contributed by atoms with Crippen LogP contribution in [0, 0.1) is 13.8 Å². The Balaban J connectivity index is 1.76. The van der Waals surface area contributed by atoms with Gasteiger partial charge in [-0.25, -0.2) is 0 Å². The van der Waals surface area contributed by atoms with Crippen LogP contribution in [0.1, 0.15) is 53.6 Å². The number of methoxy groups -OCH3 is 1. The standard InChI is InChI=1S/C26H32N4OS/c1-5-20-10-12-21(13-11-20)30-18(2)17-22(19(30)3)25-24(23-9-6-7-14-27-23)28-26(32)29(25)15-8-16-31-4/h6-7,9-14,17,24-25H,5,8,15-16H2,1-4H3,(H,28,32)/t24-,25+/m1/s1. The number of hydrogen-bond donors (Lipinski definition) is 1. The van der Waals surface area contributed by atoms with Gasteiger partial charge in [0, 0.05) is 43.5 Å². The zero-order valence-electron chi connectivity index (χ0n) is 19.3. The van der Waals surface area contributed by atoms with Crippen molar-refractivity contribution in [2.24, 2.45) is 0 Å². The van der Waals surface area contributed by atoms with Crippen molar-refractivity contribution in [3.63, 3.8) is 0 Å². The quantitative estimate of drug-likeness (QED) is 0.385. The number of nitrogens with zero attached hydrogens (tertiary/aromatic N) is 3. The molecule has 2 atom stereocenters. The molecule has 0 aliphatic carbocycles. The van der Waals surface area contributed by atoms with E-state index in [0.717, 1.165) is 30.2 Å². The number of rotatable bonds is 8. The van der Waals surface area contributed by atoms with Crippen molar-refractivity contribution in [2.45, 2.75) is 45.7 Å². The van der Waals surface area contributed by atoms with Gasteiger partial charge >= 0.3 is 0 Å². The Bertz CT molecular complexity index is 1060. The Morgan fingerprint density at radius 1 is 1.12 bits per heavy atom. The van der Waals surface area contributed by atoms with Crippen LogP contribution in [0.5, 0.6) is 0 Å². The summed E-state index contributed by atoms with van der Waals surface area (Å²) in [7, 11) is 1.74. The van der Waals surface area contributed by atoms with E-state index >= 15 is 0 Å². The first-order valence-electron chi connectivity index (χ1n) is 11.3. The minimum absolute atomic E-state index is 0.00247. The summed E-state index contributed by atoms with van der Waals surface area (Å²) in [5, 5.41) is 4.33. The van der Waals surface area contributed by atoms with Crippen LogP contribution in [0.25, 0.3) is 5.69 Å². The summed E-state index contributed by atoms with van der Waals surface area (Å²) in [5.74, 6) is 0. The van der Waals surface area contributed by atoms with Crippen LogP contribution in [0.4, 0.5) is 0 Å². The Hall–Kier alpha value is -2.70. The number of thiocarbonyl (C=S) groups is 1. The van der Waals surface area contributed by atoms with E-state index in [4.69, 9.17) is 17.0 Å². The molecule has 4 rings (SSSR count). The number of hydrogen-bond acceptors (Lipinski definition) is 3. The highest BCUT2D eigenvalue weighted by Crippen LogP contribution is 2.41. The van der Waals surface area contributed by atoms with Crippen LogP contribution in [-0.4, -0.2) is 39.8 Å². The van der Waals surface area contributed by atoms with Crippen molar-refractivity contribution in [1.29, 1.82) is 0 Å². The van der Waals surface area contributed by atoms with Gasteiger partial charge in [-0.15, -0.1) is 0 Å². The third kappa shape index (κ3) is 4.30. The Morgan fingerprint density at radius 3 is 2.56 bits per heavy atom. The second-order valence-electron chi connectivity index (χ2n) is 8.35. The van der Waals surface area contributed by atoms with E-state index in [1.807, 2.05) is 18.3 Å². The summed E-state index contributed by atoms with van der Waals surface area (Å²) < 4.78 is 7.65. The fourth-order valence-electron chi connectivity index (χ4n) is 4.73. The zero-order chi connectivity index (χ0) is 22.7. The minimum Gasteiger partial charge on any atom is -0.385 e. The molecule has 1 aliphatic heterocycles. The summed E-state index contributed by atoms with van der Waals surface area (Å²) in [4.78, 5) is 6.96. The molecule has 1 fully saturated rings. The maximum absolute atomic E-state index is 5.79. The van der Waals surface area contributed by atoms with Gasteiger partial charge in [0.25, 0.3) is 0 Å². The molecule has 2 aromatic heterocycles. The molecule has 3 aromatic rings. The monoisotopic (exact) mass is 448 g/mol. The highest BCUT2D eigenvalue weighted by Gasteiger charge is 2.41. The molecule has 1 aromatic carbocycles. The van der Waals surface area contributed by atoms with E-state index in [0.29, 0.717) is 6.61 Å². The van der Waals surface area contributed by atoms with Gasteiger partial charge in [-0.05, 0) is 80.4 Å². The Kier molecular flexibility index (Phi) is 6.92. The van der Waals surface area contributed by atoms with Gasteiger partial charge in [0.1, 0.15) is 0 Å². The lowest BCUT2D eigenvalue weighted by molar-refractivity contribution is 0.180. The van der Waals surface area contributed by atoms with Crippen molar-refractivity contribution in [3.8, 4) is 5.69 Å². The average molecular weight is 449 g/mol. The van der Waals surface area contributed by atoms with Crippen molar-refractivity contribution in [1.82, 2.24) is 19.8 Å². The smallest absolute Gasteiger partial charge is 0.170 e. The van der Waals surface area contributed by atoms with E-state index in [9.17, 15) is 0 Å². The van der Waals surface area contributed by atoms with Crippen molar-refractivity contribution in [3.05, 3.63) is 82.9 Å². The normalized spacial score (nSPS) is 18.2. The van der Waals surface area contributed by atoms with Gasteiger partial charge in [0.15, 0.2) is 5.11 Å². The fraction of sp³-hybridized carbons (Fsp3) is 0.385. The molecule has 32 heavy (non-hydrogen) atoms. The molecule has 1 saturated heterocycles. The van der Waals surface area contributed by atoms with Gasteiger partial charge in [0.2, 0.25) is 0 Å². The van der Waals surface area contributed by atoms with Crippen LogP contribution in [0.2, 0.25) is 0 Å². The van der Waals surface area contributed by atoms with E-state index in [1.165, 1.54) is 28.2 Å². The Morgan fingerprint density at radius 2 is 1.91 bits per heavy atom. The lowest BCUT2D eigenvalue weighted by Gasteiger charge is -2.28. The van der Waals surface area contributed by atoms with Gasteiger partial charge in [0.05, 0.1) is 17.8 Å². The SMILES string of the molecule is CCc1ccc(-n2c(C)cc([C@H]3[C@@H](c4ccccn4)NC(=S)N3CCCOC)c2C)cc1. The van der Waals surface area contributed by atoms with Gasteiger partial charge in [-0.1, -0.05) is 25.1 Å². The molecule has 0 radical (unpaired) electrons. The molecular formula is C26H32N4OS. The summed E-state index contributed by atoms with van der Waals surface area (Å²) in [6, 6.07) is 17.3. The third-order valence-corrected chi connectivity index (χ3v) is 6.69. The first-order chi connectivity index (χ1) is 15.5. The van der Waals surface area contributed by atoms with Crippen LogP contribution >= 0.6 is 12.2 Å².